The van der Waals surface area contributed by atoms with Crippen LogP contribution in [-0.2, 0) is 6.54 Å². The summed E-state index contributed by atoms with van der Waals surface area (Å²) < 4.78 is 29.2. The monoisotopic (exact) mass is 311 g/mol. The van der Waals surface area contributed by atoms with Crippen molar-refractivity contribution in [3.05, 3.63) is 51.7 Å². The predicted octanol–water partition coefficient (Wildman–Crippen LogP) is 3.93. The first-order valence-corrected chi connectivity index (χ1v) is 7.19. The van der Waals surface area contributed by atoms with E-state index in [-0.39, 0.29) is 17.2 Å². The molecule has 1 heterocycles. The van der Waals surface area contributed by atoms with Crippen LogP contribution < -0.4 is 4.74 Å². The van der Waals surface area contributed by atoms with Crippen LogP contribution in [0.25, 0.3) is 0 Å². The quantitative estimate of drug-likeness (QED) is 0.837. The summed E-state index contributed by atoms with van der Waals surface area (Å²) in [5.41, 5.74) is 1.24. The lowest BCUT2D eigenvalue weighted by atomic mass is 10.1. The summed E-state index contributed by atoms with van der Waals surface area (Å²) in [6, 6.07) is 8.00. The summed E-state index contributed by atoms with van der Waals surface area (Å²) in [4.78, 5) is 15.0. The Kier molecular flexibility index (Phi) is 4.90. The van der Waals surface area contributed by atoms with Gasteiger partial charge in [-0.05, 0) is 36.1 Å². The number of nitrogens with zero attached hydrogens (tertiary/aromatic N) is 1. The molecule has 1 amide bonds. The number of benzene rings is 1. The fourth-order valence-electron chi connectivity index (χ4n) is 1.90. The van der Waals surface area contributed by atoms with Crippen LogP contribution in [0.1, 0.15) is 20.8 Å². The minimum atomic E-state index is -2.95. The second-order valence-electron chi connectivity index (χ2n) is 4.56. The molecule has 0 aliphatic heterocycles. The maximum absolute atomic E-state index is 12.4. The first-order chi connectivity index (χ1) is 9.99. The Labute approximate surface area is 125 Å². The van der Waals surface area contributed by atoms with Gasteiger partial charge in [0.15, 0.2) is 0 Å². The number of halogens is 2. The van der Waals surface area contributed by atoms with Gasteiger partial charge in [-0.15, -0.1) is 11.3 Å². The highest BCUT2D eigenvalue weighted by Crippen LogP contribution is 2.23. The molecule has 0 bridgehead atoms. The second-order valence-corrected chi connectivity index (χ2v) is 5.56. The maximum Gasteiger partial charge on any atom is 0.387 e. The molecule has 0 saturated carbocycles. The van der Waals surface area contributed by atoms with E-state index in [1.54, 1.807) is 30.5 Å². The first kappa shape index (κ1) is 15.4. The van der Waals surface area contributed by atoms with Crippen LogP contribution in [0.3, 0.4) is 0 Å². The molecule has 0 spiro atoms. The summed E-state index contributed by atoms with van der Waals surface area (Å²) in [7, 11) is 1.64. The number of aryl methyl sites for hydroxylation is 1. The average Bonchev–Trinajstić information content (AvgIpc) is 2.83. The molecule has 0 saturated heterocycles. The highest BCUT2D eigenvalue weighted by Gasteiger charge is 2.19. The van der Waals surface area contributed by atoms with Crippen LogP contribution in [-0.4, -0.2) is 24.5 Å². The van der Waals surface area contributed by atoms with Crippen LogP contribution in [0, 0.1) is 6.92 Å². The number of thiophene rings is 1. The van der Waals surface area contributed by atoms with E-state index in [2.05, 4.69) is 4.74 Å². The molecule has 112 valence electrons. The first-order valence-electron chi connectivity index (χ1n) is 6.31. The zero-order valence-corrected chi connectivity index (χ0v) is 12.5. The highest BCUT2D eigenvalue weighted by atomic mass is 32.1. The largest absolute Gasteiger partial charge is 0.434 e. The number of amides is 1. The predicted molar refractivity (Wildman–Crippen MR) is 77.9 cm³/mol. The van der Waals surface area contributed by atoms with Crippen molar-refractivity contribution in [2.75, 3.05) is 7.05 Å². The van der Waals surface area contributed by atoms with Gasteiger partial charge in [-0.3, -0.25) is 4.79 Å². The summed E-state index contributed by atoms with van der Waals surface area (Å²) in [6.45, 7) is -0.549. The maximum atomic E-state index is 12.4. The highest BCUT2D eigenvalue weighted by molar-refractivity contribution is 7.10. The van der Waals surface area contributed by atoms with Crippen LogP contribution in [0.5, 0.6) is 5.75 Å². The van der Waals surface area contributed by atoms with Crippen molar-refractivity contribution in [2.45, 2.75) is 20.1 Å². The lowest BCUT2D eigenvalue weighted by molar-refractivity contribution is -0.0502. The smallest absolute Gasteiger partial charge is 0.387 e. The van der Waals surface area contributed by atoms with Gasteiger partial charge in [0, 0.05) is 11.9 Å². The molecule has 0 fully saturated rings. The van der Waals surface area contributed by atoms with Gasteiger partial charge in [-0.1, -0.05) is 12.1 Å². The third kappa shape index (κ3) is 3.78. The minimum Gasteiger partial charge on any atom is -0.434 e. The van der Waals surface area contributed by atoms with Crippen LogP contribution >= 0.6 is 11.3 Å². The Hall–Kier alpha value is -1.95. The molecule has 2 aromatic rings. The number of ether oxygens (including phenoxy) is 1. The molecular weight excluding hydrogens is 296 g/mol. The number of para-hydroxylation sites is 1. The topological polar surface area (TPSA) is 29.5 Å². The molecule has 2 rings (SSSR count). The van der Waals surface area contributed by atoms with Crippen molar-refractivity contribution in [3.63, 3.8) is 0 Å². The van der Waals surface area contributed by atoms with E-state index in [0.29, 0.717) is 6.54 Å². The lowest BCUT2D eigenvalue weighted by Gasteiger charge is -2.18. The second kappa shape index (κ2) is 6.67. The third-order valence-electron chi connectivity index (χ3n) is 3.03. The number of hydrogen-bond donors (Lipinski definition) is 0. The van der Waals surface area contributed by atoms with Crippen molar-refractivity contribution < 1.29 is 18.3 Å². The third-order valence-corrected chi connectivity index (χ3v) is 4.04. The minimum absolute atomic E-state index is 0.104. The Morgan fingerprint density at radius 3 is 2.67 bits per heavy atom. The van der Waals surface area contributed by atoms with E-state index in [1.165, 1.54) is 17.0 Å². The zero-order chi connectivity index (χ0) is 15.4. The Morgan fingerprint density at radius 1 is 1.33 bits per heavy atom. The Bertz CT molecular complexity index is 628. The number of carbonyl (C=O) groups is 1. The van der Waals surface area contributed by atoms with Gasteiger partial charge >= 0.3 is 6.61 Å². The number of carbonyl (C=O) groups excluding carboxylic acids is 1. The summed E-state index contributed by atoms with van der Waals surface area (Å²) in [5.74, 6) is -0.452. The standard InChI is InChI=1S/C15H15F2NO2S/c1-10-7-8-21-13(10)9-18(2)14(19)11-5-3-4-6-12(11)20-15(16)17/h3-8,15H,9H2,1-2H3. The van der Waals surface area contributed by atoms with E-state index in [1.807, 2.05) is 18.4 Å². The van der Waals surface area contributed by atoms with Gasteiger partial charge in [0.05, 0.1) is 12.1 Å². The summed E-state index contributed by atoms with van der Waals surface area (Å²) in [6.07, 6.45) is 0. The van der Waals surface area contributed by atoms with E-state index in [9.17, 15) is 13.6 Å². The van der Waals surface area contributed by atoms with Gasteiger partial charge in [-0.2, -0.15) is 8.78 Å². The molecule has 0 N–H and O–H groups in total. The molecule has 0 aliphatic rings. The van der Waals surface area contributed by atoms with E-state index in [0.717, 1.165) is 10.4 Å². The Morgan fingerprint density at radius 2 is 2.05 bits per heavy atom. The SMILES string of the molecule is Cc1ccsc1CN(C)C(=O)c1ccccc1OC(F)F. The number of alkyl halides is 2. The zero-order valence-electron chi connectivity index (χ0n) is 11.7. The normalized spacial score (nSPS) is 10.7. The van der Waals surface area contributed by atoms with Crippen molar-refractivity contribution in [1.29, 1.82) is 0 Å². The Balaban J connectivity index is 2.17. The van der Waals surface area contributed by atoms with Gasteiger partial charge in [0.2, 0.25) is 0 Å². The summed E-state index contributed by atoms with van der Waals surface area (Å²) in [5, 5.41) is 1.96. The molecule has 0 unspecified atom stereocenters. The molecule has 0 atom stereocenters. The van der Waals surface area contributed by atoms with Crippen molar-refractivity contribution >= 4 is 17.2 Å². The van der Waals surface area contributed by atoms with Gasteiger partial charge in [0.1, 0.15) is 5.75 Å². The molecule has 6 heteroatoms. The van der Waals surface area contributed by atoms with Crippen LogP contribution in [0.4, 0.5) is 8.78 Å². The van der Waals surface area contributed by atoms with Crippen molar-refractivity contribution in [3.8, 4) is 5.75 Å². The summed E-state index contributed by atoms with van der Waals surface area (Å²) >= 11 is 1.56. The lowest BCUT2D eigenvalue weighted by Crippen LogP contribution is -2.26. The molecular formula is C15H15F2NO2S. The number of rotatable bonds is 5. The van der Waals surface area contributed by atoms with Gasteiger partial charge in [-0.25, -0.2) is 0 Å². The fourth-order valence-corrected chi connectivity index (χ4v) is 2.86. The average molecular weight is 311 g/mol. The van der Waals surface area contributed by atoms with Crippen molar-refractivity contribution in [2.24, 2.45) is 0 Å². The van der Waals surface area contributed by atoms with Crippen LogP contribution in [0.2, 0.25) is 0 Å². The molecule has 21 heavy (non-hydrogen) atoms. The molecule has 0 aliphatic carbocycles. The van der Waals surface area contributed by atoms with Gasteiger partial charge in [0.25, 0.3) is 5.91 Å². The van der Waals surface area contributed by atoms with E-state index < -0.39 is 6.61 Å². The number of hydrogen-bond acceptors (Lipinski definition) is 3. The molecule has 0 radical (unpaired) electrons. The van der Waals surface area contributed by atoms with E-state index >= 15 is 0 Å². The molecule has 1 aromatic carbocycles. The fraction of sp³-hybridized carbons (Fsp3) is 0.267. The van der Waals surface area contributed by atoms with Gasteiger partial charge < -0.3 is 9.64 Å². The molecule has 3 nitrogen and oxygen atoms in total. The van der Waals surface area contributed by atoms with Crippen molar-refractivity contribution in [1.82, 2.24) is 4.90 Å². The molecule has 1 aromatic heterocycles. The van der Waals surface area contributed by atoms with Crippen LogP contribution in [0.15, 0.2) is 35.7 Å². The van der Waals surface area contributed by atoms with E-state index in [4.69, 9.17) is 0 Å².